The molecule has 0 aliphatic carbocycles. The summed E-state index contributed by atoms with van der Waals surface area (Å²) in [6.45, 7) is 4.02. The lowest BCUT2D eigenvalue weighted by Crippen LogP contribution is -2.32. The lowest BCUT2D eigenvalue weighted by atomic mass is 10.2. The van der Waals surface area contributed by atoms with Crippen molar-refractivity contribution < 1.29 is 4.79 Å². The van der Waals surface area contributed by atoms with Gasteiger partial charge in [-0.15, -0.1) is 11.3 Å². The molecule has 1 aromatic heterocycles. The molecular formula is C14H17N3OS. The second-order valence-corrected chi connectivity index (χ2v) is 5.17. The van der Waals surface area contributed by atoms with Crippen molar-refractivity contribution in [2.75, 3.05) is 5.32 Å². The molecule has 1 amide bonds. The molecule has 0 fully saturated rings. The number of amides is 1. The monoisotopic (exact) mass is 275 g/mol. The number of carbonyl (C=O) groups excluding carboxylic acids is 1. The fourth-order valence-electron chi connectivity index (χ4n) is 1.48. The average molecular weight is 275 g/mol. The Morgan fingerprint density at radius 2 is 2.11 bits per heavy atom. The van der Waals surface area contributed by atoms with Crippen LogP contribution in [0.2, 0.25) is 0 Å². The molecule has 1 heterocycles. The number of rotatable bonds is 5. The number of thiazole rings is 1. The van der Waals surface area contributed by atoms with Crippen molar-refractivity contribution in [2.45, 2.75) is 26.3 Å². The highest BCUT2D eigenvalue weighted by Crippen LogP contribution is 2.20. The van der Waals surface area contributed by atoms with Gasteiger partial charge < -0.3 is 10.6 Å². The van der Waals surface area contributed by atoms with Crippen LogP contribution in [0, 0.1) is 0 Å². The number of hydrogen-bond donors (Lipinski definition) is 2. The molecule has 19 heavy (non-hydrogen) atoms. The van der Waals surface area contributed by atoms with Crippen molar-refractivity contribution >= 4 is 28.1 Å². The highest BCUT2D eigenvalue weighted by molar-refractivity contribution is 7.14. The minimum Gasteiger partial charge on any atom is -0.348 e. The molecular weight excluding hydrogens is 258 g/mol. The molecule has 0 saturated heterocycles. The zero-order chi connectivity index (χ0) is 13.7. The van der Waals surface area contributed by atoms with E-state index < -0.39 is 0 Å². The van der Waals surface area contributed by atoms with Crippen molar-refractivity contribution in [1.29, 1.82) is 0 Å². The molecule has 100 valence electrons. The molecule has 4 nitrogen and oxygen atoms in total. The average Bonchev–Trinajstić information content (AvgIpc) is 2.88. The summed E-state index contributed by atoms with van der Waals surface area (Å²) in [6.07, 6.45) is 0.908. The third-order valence-electron chi connectivity index (χ3n) is 2.75. The maximum Gasteiger partial charge on any atom is 0.271 e. The minimum absolute atomic E-state index is 0.119. The zero-order valence-corrected chi connectivity index (χ0v) is 11.8. The van der Waals surface area contributed by atoms with Crippen LogP contribution in [0.3, 0.4) is 0 Å². The largest absolute Gasteiger partial charge is 0.348 e. The van der Waals surface area contributed by atoms with Crippen LogP contribution in [-0.2, 0) is 0 Å². The number of benzene rings is 1. The van der Waals surface area contributed by atoms with Crippen LogP contribution in [0.15, 0.2) is 35.7 Å². The van der Waals surface area contributed by atoms with Crippen molar-refractivity contribution in [1.82, 2.24) is 10.3 Å². The predicted molar refractivity (Wildman–Crippen MR) is 79.1 cm³/mol. The number of anilines is 2. The van der Waals surface area contributed by atoms with Crippen molar-refractivity contribution in [3.8, 4) is 0 Å². The normalized spacial score (nSPS) is 11.9. The lowest BCUT2D eigenvalue weighted by molar-refractivity contribution is 0.0935. The predicted octanol–water partition coefficient (Wildman–Crippen LogP) is 3.42. The second-order valence-electron chi connectivity index (χ2n) is 4.31. The molecule has 2 rings (SSSR count). The number of para-hydroxylation sites is 1. The first kappa shape index (κ1) is 13.5. The Morgan fingerprint density at radius 1 is 1.37 bits per heavy atom. The van der Waals surface area contributed by atoms with Gasteiger partial charge in [0.15, 0.2) is 5.13 Å². The minimum atomic E-state index is -0.119. The molecule has 2 aromatic rings. The summed E-state index contributed by atoms with van der Waals surface area (Å²) < 4.78 is 0. The molecule has 0 aliphatic rings. The summed E-state index contributed by atoms with van der Waals surface area (Å²) >= 11 is 1.42. The molecule has 0 saturated carbocycles. The van der Waals surface area contributed by atoms with Gasteiger partial charge >= 0.3 is 0 Å². The van der Waals surface area contributed by atoms with Gasteiger partial charge in [0.1, 0.15) is 5.69 Å². The number of hydrogen-bond acceptors (Lipinski definition) is 4. The van der Waals surface area contributed by atoms with Crippen molar-refractivity contribution in [2.24, 2.45) is 0 Å². The van der Waals surface area contributed by atoms with Crippen LogP contribution in [0.1, 0.15) is 30.8 Å². The van der Waals surface area contributed by atoms with E-state index in [1.54, 1.807) is 5.38 Å². The van der Waals surface area contributed by atoms with Gasteiger partial charge in [-0.2, -0.15) is 0 Å². The van der Waals surface area contributed by atoms with Gasteiger partial charge in [0, 0.05) is 17.1 Å². The van der Waals surface area contributed by atoms with Gasteiger partial charge in [-0.25, -0.2) is 4.98 Å². The Bertz CT molecular complexity index is 539. The Kier molecular flexibility index (Phi) is 4.52. The number of nitrogens with one attached hydrogen (secondary N) is 2. The Balaban J connectivity index is 2.01. The topological polar surface area (TPSA) is 54.0 Å². The third kappa shape index (κ3) is 3.79. The van der Waals surface area contributed by atoms with Gasteiger partial charge in [-0.3, -0.25) is 4.79 Å². The van der Waals surface area contributed by atoms with E-state index in [4.69, 9.17) is 0 Å². The van der Waals surface area contributed by atoms with E-state index in [2.05, 4.69) is 15.6 Å². The van der Waals surface area contributed by atoms with Crippen molar-refractivity contribution in [3.05, 3.63) is 41.4 Å². The Morgan fingerprint density at radius 3 is 2.79 bits per heavy atom. The van der Waals surface area contributed by atoms with Gasteiger partial charge in [0.05, 0.1) is 0 Å². The standard InChI is InChI=1S/C14H17N3OS/c1-3-10(2)15-13(18)12-9-19-14(17-12)16-11-7-5-4-6-8-11/h4-10H,3H2,1-2H3,(H,15,18)(H,16,17). The first-order valence-corrected chi connectivity index (χ1v) is 7.15. The molecule has 0 aliphatic heterocycles. The van der Waals surface area contributed by atoms with E-state index in [9.17, 15) is 4.79 Å². The molecule has 0 spiro atoms. The maximum atomic E-state index is 11.9. The molecule has 1 aromatic carbocycles. The summed E-state index contributed by atoms with van der Waals surface area (Å²) in [4.78, 5) is 16.2. The second kappa shape index (κ2) is 6.33. The maximum absolute atomic E-state index is 11.9. The Hall–Kier alpha value is -1.88. The molecule has 0 radical (unpaired) electrons. The SMILES string of the molecule is CCC(C)NC(=O)c1csc(Nc2ccccc2)n1. The Labute approximate surface area is 116 Å². The van der Waals surface area contributed by atoms with E-state index in [-0.39, 0.29) is 11.9 Å². The molecule has 0 bridgehead atoms. The fraction of sp³-hybridized carbons (Fsp3) is 0.286. The summed E-state index contributed by atoms with van der Waals surface area (Å²) in [5.74, 6) is -0.119. The number of aromatic nitrogens is 1. The van der Waals surface area contributed by atoms with E-state index in [1.807, 2.05) is 44.2 Å². The summed E-state index contributed by atoms with van der Waals surface area (Å²) in [5, 5.41) is 8.56. The summed E-state index contributed by atoms with van der Waals surface area (Å²) in [7, 11) is 0. The quantitative estimate of drug-likeness (QED) is 0.879. The van der Waals surface area contributed by atoms with E-state index >= 15 is 0 Å². The van der Waals surface area contributed by atoms with Crippen LogP contribution >= 0.6 is 11.3 Å². The summed E-state index contributed by atoms with van der Waals surface area (Å²) in [5.41, 5.74) is 1.43. The van der Waals surface area contributed by atoms with E-state index in [0.29, 0.717) is 5.69 Å². The van der Waals surface area contributed by atoms with Crippen LogP contribution in [0.25, 0.3) is 0 Å². The highest BCUT2D eigenvalue weighted by atomic mass is 32.1. The molecule has 1 unspecified atom stereocenters. The number of nitrogens with zero attached hydrogens (tertiary/aromatic N) is 1. The van der Waals surface area contributed by atoms with Crippen molar-refractivity contribution in [3.63, 3.8) is 0 Å². The third-order valence-corrected chi connectivity index (χ3v) is 3.51. The number of carbonyl (C=O) groups is 1. The van der Waals surface area contributed by atoms with Gasteiger partial charge in [0.2, 0.25) is 0 Å². The van der Waals surface area contributed by atoms with Crippen LogP contribution < -0.4 is 10.6 Å². The smallest absolute Gasteiger partial charge is 0.271 e. The molecule has 2 N–H and O–H groups in total. The zero-order valence-electron chi connectivity index (χ0n) is 11.0. The van der Waals surface area contributed by atoms with Gasteiger partial charge in [0.25, 0.3) is 5.91 Å². The summed E-state index contributed by atoms with van der Waals surface area (Å²) in [6, 6.07) is 9.94. The first-order valence-electron chi connectivity index (χ1n) is 6.27. The van der Waals surface area contributed by atoms with Crippen LogP contribution in [0.5, 0.6) is 0 Å². The van der Waals surface area contributed by atoms with Crippen LogP contribution in [0.4, 0.5) is 10.8 Å². The lowest BCUT2D eigenvalue weighted by Gasteiger charge is -2.09. The fourth-order valence-corrected chi connectivity index (χ4v) is 2.19. The van der Waals surface area contributed by atoms with E-state index in [1.165, 1.54) is 11.3 Å². The van der Waals surface area contributed by atoms with E-state index in [0.717, 1.165) is 17.2 Å². The highest BCUT2D eigenvalue weighted by Gasteiger charge is 2.12. The van der Waals surface area contributed by atoms with Crippen LogP contribution in [-0.4, -0.2) is 16.9 Å². The van der Waals surface area contributed by atoms with Gasteiger partial charge in [-0.1, -0.05) is 25.1 Å². The first-order chi connectivity index (χ1) is 9.19. The van der Waals surface area contributed by atoms with Gasteiger partial charge in [-0.05, 0) is 25.5 Å². The molecule has 5 heteroatoms. The molecule has 1 atom stereocenters.